The number of nitrogens with zero attached hydrogens (tertiary/aromatic N) is 3. The lowest BCUT2D eigenvalue weighted by atomic mass is 9.73. The van der Waals surface area contributed by atoms with Gasteiger partial charge in [0, 0.05) is 38.1 Å². The van der Waals surface area contributed by atoms with Gasteiger partial charge in [-0.05, 0) is 76.6 Å². The van der Waals surface area contributed by atoms with Crippen molar-refractivity contribution >= 4 is 17.7 Å². The minimum Gasteiger partial charge on any atom is -0.493 e. The van der Waals surface area contributed by atoms with Crippen molar-refractivity contribution in [1.82, 2.24) is 25.3 Å². The second-order valence-corrected chi connectivity index (χ2v) is 10.4. The van der Waals surface area contributed by atoms with Crippen molar-refractivity contribution in [2.45, 2.75) is 65.3 Å². The molecule has 1 fully saturated rings. The lowest BCUT2D eigenvalue weighted by Gasteiger charge is -2.41. The number of rotatable bonds is 2. The highest BCUT2D eigenvalue weighted by molar-refractivity contribution is 5.97. The molecule has 1 spiro atoms. The number of benzene rings is 1. The SMILES string of the molecule is Cc1ccc2c(c1)OCCCNC(=O)C1(CCCCNC2=O)CCN(C(=O)C(C)n2nccc2C)CC1. The molecule has 1 atom stereocenters. The molecule has 1 saturated heterocycles. The number of piperidine rings is 1. The number of fused-ring (bicyclic) bond motifs is 1. The number of ether oxygens (including phenoxy) is 1. The number of carbonyl (C=O) groups excluding carboxylic acids is 3. The van der Waals surface area contributed by atoms with Gasteiger partial charge < -0.3 is 20.3 Å². The molecule has 2 aromatic rings. The predicted molar refractivity (Wildman–Crippen MR) is 140 cm³/mol. The lowest BCUT2D eigenvalue weighted by Crippen LogP contribution is -2.51. The summed E-state index contributed by atoms with van der Waals surface area (Å²) in [6.07, 6.45) is 5.94. The fourth-order valence-corrected chi connectivity index (χ4v) is 5.37. The van der Waals surface area contributed by atoms with Crippen LogP contribution in [0, 0.1) is 19.3 Å². The fraction of sp³-hybridized carbons (Fsp3) is 0.571. The molecule has 200 valence electrons. The van der Waals surface area contributed by atoms with Gasteiger partial charge in [0.25, 0.3) is 5.91 Å². The van der Waals surface area contributed by atoms with Gasteiger partial charge in [0.05, 0.1) is 17.6 Å². The molecule has 9 heteroatoms. The third-order valence-electron chi connectivity index (χ3n) is 7.72. The van der Waals surface area contributed by atoms with E-state index >= 15 is 0 Å². The molecule has 0 bridgehead atoms. The Bertz CT molecular complexity index is 1120. The molecule has 3 heterocycles. The summed E-state index contributed by atoms with van der Waals surface area (Å²) >= 11 is 0. The molecule has 1 unspecified atom stereocenters. The van der Waals surface area contributed by atoms with E-state index in [9.17, 15) is 14.4 Å². The Kier molecular flexibility index (Phi) is 8.51. The number of hydrogen-bond donors (Lipinski definition) is 2. The number of amides is 3. The van der Waals surface area contributed by atoms with E-state index in [4.69, 9.17) is 4.74 Å². The Morgan fingerprint density at radius 2 is 1.78 bits per heavy atom. The van der Waals surface area contributed by atoms with E-state index in [1.54, 1.807) is 16.9 Å². The molecule has 3 amide bonds. The minimum absolute atomic E-state index is 0.0360. The van der Waals surface area contributed by atoms with E-state index in [0.717, 1.165) is 30.5 Å². The molecule has 2 aliphatic rings. The maximum Gasteiger partial charge on any atom is 0.255 e. The average Bonchev–Trinajstić information content (AvgIpc) is 3.32. The molecule has 1 aromatic heterocycles. The monoisotopic (exact) mass is 509 g/mol. The largest absolute Gasteiger partial charge is 0.493 e. The normalized spacial score (nSPS) is 20.0. The predicted octanol–water partition coefficient (Wildman–Crippen LogP) is 3.17. The van der Waals surface area contributed by atoms with Crippen molar-refractivity contribution < 1.29 is 19.1 Å². The maximum atomic E-state index is 13.4. The highest BCUT2D eigenvalue weighted by Crippen LogP contribution is 2.37. The van der Waals surface area contributed by atoms with Gasteiger partial charge in [-0.3, -0.25) is 19.1 Å². The Balaban J connectivity index is 1.40. The summed E-state index contributed by atoms with van der Waals surface area (Å²) in [6.45, 7) is 8.33. The number of likely N-dealkylation sites (tertiary alicyclic amines) is 1. The molecule has 0 aliphatic carbocycles. The molecule has 2 N–H and O–H groups in total. The molecule has 0 saturated carbocycles. The van der Waals surface area contributed by atoms with Crippen molar-refractivity contribution in [3.8, 4) is 5.75 Å². The molecular weight excluding hydrogens is 470 g/mol. The summed E-state index contributed by atoms with van der Waals surface area (Å²) in [5.41, 5.74) is 2.01. The van der Waals surface area contributed by atoms with E-state index in [-0.39, 0.29) is 23.8 Å². The van der Waals surface area contributed by atoms with E-state index in [1.807, 2.05) is 43.9 Å². The van der Waals surface area contributed by atoms with Crippen molar-refractivity contribution in [1.29, 1.82) is 0 Å². The van der Waals surface area contributed by atoms with Crippen LogP contribution in [0.25, 0.3) is 0 Å². The Morgan fingerprint density at radius 3 is 2.51 bits per heavy atom. The summed E-state index contributed by atoms with van der Waals surface area (Å²) in [4.78, 5) is 41.2. The van der Waals surface area contributed by atoms with Gasteiger partial charge in [0.1, 0.15) is 11.8 Å². The van der Waals surface area contributed by atoms with Crippen molar-refractivity contribution in [3.63, 3.8) is 0 Å². The van der Waals surface area contributed by atoms with Crippen LogP contribution in [0.5, 0.6) is 5.75 Å². The topological polar surface area (TPSA) is 106 Å². The number of carbonyl (C=O) groups is 3. The van der Waals surface area contributed by atoms with Gasteiger partial charge >= 0.3 is 0 Å². The van der Waals surface area contributed by atoms with E-state index < -0.39 is 5.41 Å². The number of aryl methyl sites for hydroxylation is 2. The standard InChI is InChI=1S/C28H39N5O4/c1-20-7-8-23-24(19-20)37-18-6-14-30-27(36)28(10-4-5-13-29-25(23)34)11-16-32(17-12-28)26(35)22(3)33-21(2)9-15-31-33/h7-9,15,19,22H,4-6,10-14,16-18H2,1-3H3,(H,29,34)(H,30,36). The molecule has 0 radical (unpaired) electrons. The minimum atomic E-state index is -0.507. The number of nitrogens with one attached hydrogen (secondary N) is 2. The highest BCUT2D eigenvalue weighted by Gasteiger charge is 2.42. The van der Waals surface area contributed by atoms with Crippen LogP contribution in [0.3, 0.4) is 0 Å². The molecule has 4 rings (SSSR count). The molecule has 9 nitrogen and oxygen atoms in total. The third kappa shape index (κ3) is 6.14. The van der Waals surface area contributed by atoms with Gasteiger partial charge in [-0.15, -0.1) is 0 Å². The van der Waals surface area contributed by atoms with Crippen LogP contribution in [-0.4, -0.2) is 65.2 Å². The van der Waals surface area contributed by atoms with Gasteiger partial charge in [0.15, 0.2) is 0 Å². The van der Waals surface area contributed by atoms with Crippen LogP contribution < -0.4 is 15.4 Å². The van der Waals surface area contributed by atoms with Crippen LogP contribution in [0.15, 0.2) is 30.5 Å². The first-order chi connectivity index (χ1) is 17.8. The average molecular weight is 510 g/mol. The lowest BCUT2D eigenvalue weighted by molar-refractivity contribution is -0.143. The third-order valence-corrected chi connectivity index (χ3v) is 7.72. The van der Waals surface area contributed by atoms with Crippen molar-refractivity contribution in [2.75, 3.05) is 32.8 Å². The second kappa shape index (κ2) is 11.8. The van der Waals surface area contributed by atoms with Crippen LogP contribution in [0.1, 0.15) is 73.1 Å². The maximum absolute atomic E-state index is 13.4. The second-order valence-electron chi connectivity index (χ2n) is 10.4. The van der Waals surface area contributed by atoms with E-state index in [2.05, 4.69) is 15.7 Å². The first kappa shape index (κ1) is 26.7. The highest BCUT2D eigenvalue weighted by atomic mass is 16.5. The van der Waals surface area contributed by atoms with Gasteiger partial charge in [-0.25, -0.2) is 0 Å². The zero-order valence-corrected chi connectivity index (χ0v) is 22.2. The fourth-order valence-electron chi connectivity index (χ4n) is 5.37. The van der Waals surface area contributed by atoms with Crippen molar-refractivity contribution in [3.05, 3.63) is 47.3 Å². The smallest absolute Gasteiger partial charge is 0.255 e. The Labute approximate surface area is 218 Å². The van der Waals surface area contributed by atoms with E-state index in [0.29, 0.717) is 63.4 Å². The Hall–Kier alpha value is -3.36. The zero-order chi connectivity index (χ0) is 26.4. The molecular formula is C28H39N5O4. The summed E-state index contributed by atoms with van der Waals surface area (Å²) in [6, 6.07) is 7.11. The van der Waals surface area contributed by atoms with Gasteiger partial charge in [0.2, 0.25) is 11.8 Å². The first-order valence-electron chi connectivity index (χ1n) is 13.4. The summed E-state index contributed by atoms with van der Waals surface area (Å²) in [5, 5.41) is 10.4. The first-order valence-corrected chi connectivity index (χ1v) is 13.4. The number of hydrogen-bond acceptors (Lipinski definition) is 5. The van der Waals surface area contributed by atoms with Crippen LogP contribution in [-0.2, 0) is 9.59 Å². The Morgan fingerprint density at radius 1 is 1.03 bits per heavy atom. The van der Waals surface area contributed by atoms with Crippen LogP contribution in [0.2, 0.25) is 0 Å². The van der Waals surface area contributed by atoms with Gasteiger partial charge in [-0.1, -0.05) is 12.5 Å². The van der Waals surface area contributed by atoms with Gasteiger partial charge in [-0.2, -0.15) is 5.10 Å². The summed E-state index contributed by atoms with van der Waals surface area (Å²) < 4.78 is 7.68. The summed E-state index contributed by atoms with van der Waals surface area (Å²) in [5.74, 6) is 0.536. The zero-order valence-electron chi connectivity index (χ0n) is 22.2. The molecule has 37 heavy (non-hydrogen) atoms. The molecule has 1 aromatic carbocycles. The molecule has 2 aliphatic heterocycles. The summed E-state index contributed by atoms with van der Waals surface area (Å²) in [7, 11) is 0. The van der Waals surface area contributed by atoms with Crippen molar-refractivity contribution in [2.24, 2.45) is 5.41 Å². The quantitative estimate of drug-likeness (QED) is 0.647. The number of aromatic nitrogens is 2. The van der Waals surface area contributed by atoms with Crippen LogP contribution in [0.4, 0.5) is 0 Å². The van der Waals surface area contributed by atoms with E-state index in [1.165, 1.54) is 0 Å². The van der Waals surface area contributed by atoms with Crippen LogP contribution >= 0.6 is 0 Å².